The van der Waals surface area contributed by atoms with Crippen LogP contribution in [0.3, 0.4) is 0 Å². The molecule has 0 aliphatic heterocycles. The topological polar surface area (TPSA) is 108 Å². The van der Waals surface area contributed by atoms with Crippen molar-refractivity contribution in [3.8, 4) is 11.5 Å². The third-order valence-electron chi connectivity index (χ3n) is 3.59. The first kappa shape index (κ1) is 19.7. The van der Waals surface area contributed by atoms with E-state index in [1.54, 1.807) is 45.2 Å². The van der Waals surface area contributed by atoms with Gasteiger partial charge in [-0.2, -0.15) is 0 Å². The molecular formula is C17H20N2O6S. The van der Waals surface area contributed by atoms with E-state index < -0.39 is 21.0 Å². The SMILES string of the molecule is COc1ccc(OC[C@@H](C)NS(=O)(=O)c2cc([N+](=O)[O-])ccc2C)cc1. The molecule has 2 aromatic carbocycles. The second kappa shape index (κ2) is 8.15. The molecule has 0 aliphatic carbocycles. The van der Waals surface area contributed by atoms with Crippen molar-refractivity contribution in [3.05, 3.63) is 58.1 Å². The first-order valence-electron chi connectivity index (χ1n) is 7.77. The lowest BCUT2D eigenvalue weighted by atomic mass is 10.2. The Morgan fingerprint density at radius 1 is 1.15 bits per heavy atom. The number of sulfonamides is 1. The number of hydrogen-bond acceptors (Lipinski definition) is 6. The molecule has 0 aromatic heterocycles. The number of nitrogens with zero attached hydrogens (tertiary/aromatic N) is 1. The maximum absolute atomic E-state index is 12.5. The number of nitro groups is 1. The van der Waals surface area contributed by atoms with Gasteiger partial charge >= 0.3 is 0 Å². The summed E-state index contributed by atoms with van der Waals surface area (Å²) in [6.45, 7) is 3.32. The molecule has 0 unspecified atom stereocenters. The van der Waals surface area contributed by atoms with Crippen molar-refractivity contribution in [2.45, 2.75) is 24.8 Å². The second-order valence-electron chi connectivity index (χ2n) is 5.72. The molecule has 0 spiro atoms. The Kier molecular flexibility index (Phi) is 6.17. The average molecular weight is 380 g/mol. The molecule has 0 fully saturated rings. The first-order valence-corrected chi connectivity index (χ1v) is 9.25. The van der Waals surface area contributed by atoms with Crippen LogP contribution >= 0.6 is 0 Å². The predicted molar refractivity (Wildman–Crippen MR) is 96.1 cm³/mol. The summed E-state index contributed by atoms with van der Waals surface area (Å²) in [6, 6.07) is 10.1. The molecule has 2 rings (SSSR count). The molecule has 8 nitrogen and oxygen atoms in total. The Labute approximate surface area is 152 Å². The molecule has 0 aliphatic rings. The van der Waals surface area contributed by atoms with Gasteiger partial charge in [-0.05, 0) is 43.7 Å². The van der Waals surface area contributed by atoms with Crippen LogP contribution in [-0.2, 0) is 10.0 Å². The summed E-state index contributed by atoms with van der Waals surface area (Å²) in [4.78, 5) is 10.1. The maximum atomic E-state index is 12.5. The molecule has 0 saturated carbocycles. The highest BCUT2D eigenvalue weighted by molar-refractivity contribution is 7.89. The van der Waals surface area contributed by atoms with Crippen molar-refractivity contribution in [2.75, 3.05) is 13.7 Å². The Morgan fingerprint density at radius 3 is 2.35 bits per heavy atom. The van der Waals surface area contributed by atoms with E-state index in [-0.39, 0.29) is 17.2 Å². The van der Waals surface area contributed by atoms with E-state index in [0.717, 1.165) is 6.07 Å². The number of nitro benzene ring substituents is 1. The van der Waals surface area contributed by atoms with Gasteiger partial charge in [0.05, 0.1) is 23.0 Å². The molecule has 0 radical (unpaired) electrons. The van der Waals surface area contributed by atoms with Crippen molar-refractivity contribution in [1.82, 2.24) is 4.72 Å². The summed E-state index contributed by atoms with van der Waals surface area (Å²) in [5.74, 6) is 1.26. The van der Waals surface area contributed by atoms with Crippen LogP contribution in [0, 0.1) is 17.0 Å². The van der Waals surface area contributed by atoms with E-state index in [0.29, 0.717) is 17.1 Å². The van der Waals surface area contributed by atoms with Gasteiger partial charge in [0.2, 0.25) is 10.0 Å². The minimum absolute atomic E-state index is 0.0968. The van der Waals surface area contributed by atoms with Crippen molar-refractivity contribution in [2.24, 2.45) is 0 Å². The number of non-ortho nitro benzene ring substituents is 1. The Hall–Kier alpha value is -2.65. The predicted octanol–water partition coefficient (Wildman–Crippen LogP) is 2.66. The highest BCUT2D eigenvalue weighted by Crippen LogP contribution is 2.22. The minimum Gasteiger partial charge on any atom is -0.497 e. The van der Waals surface area contributed by atoms with E-state index in [1.807, 2.05) is 0 Å². The van der Waals surface area contributed by atoms with Gasteiger partial charge < -0.3 is 9.47 Å². The van der Waals surface area contributed by atoms with E-state index >= 15 is 0 Å². The largest absolute Gasteiger partial charge is 0.497 e. The quantitative estimate of drug-likeness (QED) is 0.557. The fourth-order valence-corrected chi connectivity index (χ4v) is 3.74. The van der Waals surface area contributed by atoms with Gasteiger partial charge in [0.15, 0.2) is 0 Å². The summed E-state index contributed by atoms with van der Waals surface area (Å²) >= 11 is 0. The van der Waals surface area contributed by atoms with Gasteiger partial charge in [0.1, 0.15) is 18.1 Å². The fraction of sp³-hybridized carbons (Fsp3) is 0.294. The number of methoxy groups -OCH3 is 1. The summed E-state index contributed by atoms with van der Waals surface area (Å²) < 4.78 is 38.1. The molecule has 2 aromatic rings. The Bertz CT molecular complexity index is 881. The maximum Gasteiger partial charge on any atom is 0.270 e. The van der Waals surface area contributed by atoms with Crippen molar-refractivity contribution < 1.29 is 22.8 Å². The molecule has 26 heavy (non-hydrogen) atoms. The lowest BCUT2D eigenvalue weighted by molar-refractivity contribution is -0.385. The van der Waals surface area contributed by atoms with Gasteiger partial charge in [-0.1, -0.05) is 6.07 Å². The zero-order valence-corrected chi connectivity index (χ0v) is 15.4. The highest BCUT2D eigenvalue weighted by atomic mass is 32.2. The van der Waals surface area contributed by atoms with Gasteiger partial charge in [-0.3, -0.25) is 10.1 Å². The van der Waals surface area contributed by atoms with E-state index in [2.05, 4.69) is 4.72 Å². The lowest BCUT2D eigenvalue weighted by Crippen LogP contribution is -2.37. The van der Waals surface area contributed by atoms with E-state index in [4.69, 9.17) is 9.47 Å². The third kappa shape index (κ3) is 4.93. The number of hydrogen-bond donors (Lipinski definition) is 1. The number of aryl methyl sites for hydroxylation is 1. The third-order valence-corrected chi connectivity index (χ3v) is 5.32. The van der Waals surface area contributed by atoms with Crippen LogP contribution < -0.4 is 14.2 Å². The molecule has 1 atom stereocenters. The standard InChI is InChI=1S/C17H20N2O6S/c1-12-4-5-14(19(20)21)10-17(12)26(22,23)18-13(2)11-25-16-8-6-15(24-3)7-9-16/h4-10,13,18H,11H2,1-3H3/t13-/m1/s1. The lowest BCUT2D eigenvalue weighted by Gasteiger charge is -2.16. The normalized spacial score (nSPS) is 12.4. The number of nitrogens with one attached hydrogen (secondary N) is 1. The average Bonchev–Trinajstić information content (AvgIpc) is 2.60. The highest BCUT2D eigenvalue weighted by Gasteiger charge is 2.22. The summed E-state index contributed by atoms with van der Waals surface area (Å²) in [7, 11) is -2.36. The van der Waals surface area contributed by atoms with E-state index in [9.17, 15) is 18.5 Å². The number of rotatable bonds is 8. The molecule has 1 N–H and O–H groups in total. The van der Waals surface area contributed by atoms with Crippen molar-refractivity contribution in [3.63, 3.8) is 0 Å². The number of ether oxygens (including phenoxy) is 2. The zero-order chi connectivity index (χ0) is 19.3. The van der Waals surface area contributed by atoms with Crippen LogP contribution in [0.15, 0.2) is 47.4 Å². The molecule has 140 valence electrons. The van der Waals surface area contributed by atoms with Gasteiger partial charge in [-0.25, -0.2) is 13.1 Å². The molecular weight excluding hydrogens is 360 g/mol. The summed E-state index contributed by atoms with van der Waals surface area (Å²) in [6.07, 6.45) is 0. The Morgan fingerprint density at radius 2 is 1.77 bits per heavy atom. The minimum atomic E-state index is -3.92. The number of benzene rings is 2. The van der Waals surface area contributed by atoms with Crippen LogP contribution in [0.4, 0.5) is 5.69 Å². The van der Waals surface area contributed by atoms with Crippen molar-refractivity contribution in [1.29, 1.82) is 0 Å². The molecule has 9 heteroatoms. The second-order valence-corrected chi connectivity index (χ2v) is 7.40. The van der Waals surface area contributed by atoms with E-state index in [1.165, 1.54) is 12.1 Å². The van der Waals surface area contributed by atoms with Crippen LogP contribution in [-0.4, -0.2) is 33.1 Å². The fourth-order valence-electron chi connectivity index (χ4n) is 2.25. The molecule has 0 heterocycles. The molecule has 0 amide bonds. The van der Waals surface area contributed by atoms with Crippen molar-refractivity contribution >= 4 is 15.7 Å². The van der Waals surface area contributed by atoms with Crippen LogP contribution in [0.2, 0.25) is 0 Å². The van der Waals surface area contributed by atoms with Crippen LogP contribution in [0.5, 0.6) is 11.5 Å². The van der Waals surface area contributed by atoms with Crippen LogP contribution in [0.1, 0.15) is 12.5 Å². The van der Waals surface area contributed by atoms with Gasteiger partial charge in [0, 0.05) is 12.1 Å². The Balaban J connectivity index is 2.06. The van der Waals surface area contributed by atoms with Gasteiger partial charge in [0.25, 0.3) is 5.69 Å². The zero-order valence-electron chi connectivity index (χ0n) is 14.6. The molecule has 0 bridgehead atoms. The summed E-state index contributed by atoms with van der Waals surface area (Å²) in [5, 5.41) is 10.9. The monoisotopic (exact) mass is 380 g/mol. The molecule has 0 saturated heterocycles. The van der Waals surface area contributed by atoms with Gasteiger partial charge in [-0.15, -0.1) is 0 Å². The smallest absolute Gasteiger partial charge is 0.270 e. The van der Waals surface area contributed by atoms with Crippen LogP contribution in [0.25, 0.3) is 0 Å². The first-order chi connectivity index (χ1) is 12.2. The summed E-state index contributed by atoms with van der Waals surface area (Å²) in [5.41, 5.74) is 0.143.